The molecule has 0 bridgehead atoms. The van der Waals surface area contributed by atoms with Crippen LogP contribution < -0.4 is 11.1 Å². The zero-order valence-corrected chi connectivity index (χ0v) is 15.0. The van der Waals surface area contributed by atoms with Crippen LogP contribution in [0.3, 0.4) is 0 Å². The summed E-state index contributed by atoms with van der Waals surface area (Å²) in [7, 11) is 0. The molecule has 0 unspecified atom stereocenters. The van der Waals surface area contributed by atoms with Crippen LogP contribution in [0.5, 0.6) is 0 Å². The highest BCUT2D eigenvalue weighted by Crippen LogP contribution is 2.48. The van der Waals surface area contributed by atoms with Crippen molar-refractivity contribution in [2.45, 2.75) is 19.3 Å². The van der Waals surface area contributed by atoms with Crippen LogP contribution in [-0.2, 0) is 6.42 Å². The number of hydrogen-bond donors (Lipinski definition) is 2. The van der Waals surface area contributed by atoms with E-state index in [-0.39, 0.29) is 35.2 Å². The molecule has 1 aliphatic carbocycles. The molecule has 2 aromatic rings. The molecule has 0 atom stereocenters. The van der Waals surface area contributed by atoms with Gasteiger partial charge in [-0.3, -0.25) is 4.99 Å². The number of benzene rings is 1. The highest BCUT2D eigenvalue weighted by molar-refractivity contribution is 14.0. The fourth-order valence-corrected chi connectivity index (χ4v) is 2.46. The standard InChI is InChI=1S/C17H19FN4.HI/c18-14-6-4-13(5-7-14)11-17(8-9-17)12-21-16(19)22-15-3-1-2-10-20-15;/h1-7,10H,8-9,11-12H2,(H3,19,20,21,22);1H. The zero-order chi connectivity index (χ0) is 15.4. The van der Waals surface area contributed by atoms with Crippen molar-refractivity contribution in [2.24, 2.45) is 16.1 Å². The maximum atomic E-state index is 12.9. The number of pyridine rings is 1. The molecule has 3 N–H and O–H groups in total. The molecule has 1 heterocycles. The number of guanidine groups is 1. The summed E-state index contributed by atoms with van der Waals surface area (Å²) in [5, 5.41) is 2.98. The van der Waals surface area contributed by atoms with Crippen molar-refractivity contribution in [3.8, 4) is 0 Å². The fourth-order valence-electron chi connectivity index (χ4n) is 2.46. The summed E-state index contributed by atoms with van der Waals surface area (Å²) in [6.45, 7) is 0.677. The molecule has 0 radical (unpaired) electrons. The first-order valence-electron chi connectivity index (χ1n) is 7.38. The number of aromatic nitrogens is 1. The van der Waals surface area contributed by atoms with Crippen LogP contribution in [0, 0.1) is 11.2 Å². The Morgan fingerprint density at radius 2 is 1.96 bits per heavy atom. The lowest BCUT2D eigenvalue weighted by atomic mass is 9.97. The number of anilines is 1. The maximum absolute atomic E-state index is 12.9. The van der Waals surface area contributed by atoms with E-state index in [0.717, 1.165) is 24.8 Å². The summed E-state index contributed by atoms with van der Waals surface area (Å²) in [4.78, 5) is 8.58. The van der Waals surface area contributed by atoms with Gasteiger partial charge in [0.15, 0.2) is 5.96 Å². The monoisotopic (exact) mass is 426 g/mol. The van der Waals surface area contributed by atoms with Crippen molar-refractivity contribution < 1.29 is 4.39 Å². The average Bonchev–Trinajstić information content (AvgIpc) is 3.29. The molecule has 4 nitrogen and oxygen atoms in total. The molecule has 0 saturated heterocycles. The van der Waals surface area contributed by atoms with Gasteiger partial charge in [0, 0.05) is 12.7 Å². The van der Waals surface area contributed by atoms with Gasteiger partial charge >= 0.3 is 0 Å². The second kappa shape index (κ2) is 7.72. The number of hydrogen-bond acceptors (Lipinski definition) is 2. The van der Waals surface area contributed by atoms with Crippen LogP contribution in [0.1, 0.15) is 18.4 Å². The Labute approximate surface area is 152 Å². The van der Waals surface area contributed by atoms with E-state index in [0.29, 0.717) is 18.3 Å². The zero-order valence-electron chi connectivity index (χ0n) is 12.7. The van der Waals surface area contributed by atoms with Crippen LogP contribution in [0.4, 0.5) is 10.2 Å². The van der Waals surface area contributed by atoms with E-state index in [1.54, 1.807) is 6.20 Å². The first kappa shape index (κ1) is 17.7. The molecule has 1 aliphatic rings. The molecule has 0 spiro atoms. The maximum Gasteiger partial charge on any atom is 0.194 e. The van der Waals surface area contributed by atoms with Gasteiger partial charge in [-0.05, 0) is 54.5 Å². The number of halogens is 2. The van der Waals surface area contributed by atoms with Gasteiger partial charge in [-0.2, -0.15) is 0 Å². The molecular weight excluding hydrogens is 406 g/mol. The van der Waals surface area contributed by atoms with E-state index in [1.165, 1.54) is 12.1 Å². The lowest BCUT2D eigenvalue weighted by molar-refractivity contribution is 0.521. The number of nitrogens with two attached hydrogens (primary N) is 1. The van der Waals surface area contributed by atoms with Gasteiger partial charge < -0.3 is 11.1 Å². The summed E-state index contributed by atoms with van der Waals surface area (Å²) in [5.41, 5.74) is 7.22. The van der Waals surface area contributed by atoms with Gasteiger partial charge in [-0.15, -0.1) is 24.0 Å². The summed E-state index contributed by atoms with van der Waals surface area (Å²) < 4.78 is 12.9. The van der Waals surface area contributed by atoms with E-state index >= 15 is 0 Å². The number of rotatable bonds is 5. The van der Waals surface area contributed by atoms with Crippen LogP contribution in [0.25, 0.3) is 0 Å². The van der Waals surface area contributed by atoms with Crippen molar-refractivity contribution in [2.75, 3.05) is 11.9 Å². The Hall–Kier alpha value is -1.70. The molecule has 3 rings (SSSR count). The van der Waals surface area contributed by atoms with Crippen molar-refractivity contribution in [1.29, 1.82) is 0 Å². The molecule has 122 valence electrons. The predicted octanol–water partition coefficient (Wildman–Crippen LogP) is 3.59. The Balaban J connectivity index is 0.00000192. The van der Waals surface area contributed by atoms with Gasteiger partial charge in [-0.1, -0.05) is 18.2 Å². The van der Waals surface area contributed by atoms with Crippen LogP contribution >= 0.6 is 24.0 Å². The lowest BCUT2D eigenvalue weighted by Gasteiger charge is -2.13. The molecule has 0 aliphatic heterocycles. The van der Waals surface area contributed by atoms with E-state index < -0.39 is 0 Å². The van der Waals surface area contributed by atoms with Gasteiger partial charge in [0.25, 0.3) is 0 Å². The largest absolute Gasteiger partial charge is 0.370 e. The molecule has 1 fully saturated rings. The molecule has 1 aromatic heterocycles. The minimum atomic E-state index is -0.199. The first-order valence-corrected chi connectivity index (χ1v) is 7.38. The Morgan fingerprint density at radius 3 is 2.57 bits per heavy atom. The number of aliphatic imine (C=N–C) groups is 1. The molecular formula is C17H20FIN4. The van der Waals surface area contributed by atoms with Crippen LogP contribution in [0.2, 0.25) is 0 Å². The predicted molar refractivity (Wildman–Crippen MR) is 102 cm³/mol. The van der Waals surface area contributed by atoms with Crippen molar-refractivity contribution >= 4 is 35.8 Å². The highest BCUT2D eigenvalue weighted by Gasteiger charge is 2.42. The van der Waals surface area contributed by atoms with Crippen LogP contribution in [0.15, 0.2) is 53.7 Å². The Bertz CT molecular complexity index is 654. The Kier molecular flexibility index (Phi) is 5.92. The molecule has 1 saturated carbocycles. The summed E-state index contributed by atoms with van der Waals surface area (Å²) in [5.74, 6) is 0.867. The summed E-state index contributed by atoms with van der Waals surface area (Å²) in [6, 6.07) is 12.3. The third kappa shape index (κ3) is 5.16. The van der Waals surface area contributed by atoms with Crippen molar-refractivity contribution in [3.05, 3.63) is 60.0 Å². The fraction of sp³-hybridized carbons (Fsp3) is 0.294. The third-order valence-electron chi connectivity index (χ3n) is 3.96. The second-order valence-corrected chi connectivity index (χ2v) is 5.84. The van der Waals surface area contributed by atoms with Crippen LogP contribution in [-0.4, -0.2) is 17.5 Å². The van der Waals surface area contributed by atoms with Gasteiger partial charge in [-0.25, -0.2) is 9.37 Å². The highest BCUT2D eigenvalue weighted by atomic mass is 127. The Morgan fingerprint density at radius 1 is 1.22 bits per heavy atom. The quantitative estimate of drug-likeness (QED) is 0.437. The SMILES string of the molecule is I.NC(=NCC1(Cc2ccc(F)cc2)CC1)Nc1ccccn1. The molecule has 1 aromatic carbocycles. The van der Waals surface area contributed by atoms with E-state index in [4.69, 9.17) is 5.73 Å². The number of nitrogens with one attached hydrogen (secondary N) is 1. The van der Waals surface area contributed by atoms with E-state index in [2.05, 4.69) is 15.3 Å². The second-order valence-electron chi connectivity index (χ2n) is 5.84. The average molecular weight is 426 g/mol. The third-order valence-corrected chi connectivity index (χ3v) is 3.96. The first-order chi connectivity index (χ1) is 10.7. The van der Waals surface area contributed by atoms with E-state index in [9.17, 15) is 4.39 Å². The molecule has 23 heavy (non-hydrogen) atoms. The van der Waals surface area contributed by atoms with Gasteiger partial charge in [0.1, 0.15) is 11.6 Å². The van der Waals surface area contributed by atoms with E-state index in [1.807, 2.05) is 30.3 Å². The van der Waals surface area contributed by atoms with Crippen molar-refractivity contribution in [1.82, 2.24) is 4.98 Å². The normalized spacial score (nSPS) is 15.6. The van der Waals surface area contributed by atoms with Crippen molar-refractivity contribution in [3.63, 3.8) is 0 Å². The van der Waals surface area contributed by atoms with Gasteiger partial charge in [0.2, 0.25) is 0 Å². The van der Waals surface area contributed by atoms with Gasteiger partial charge in [0.05, 0.1) is 0 Å². The lowest BCUT2D eigenvalue weighted by Crippen LogP contribution is -2.25. The number of nitrogens with zero attached hydrogens (tertiary/aromatic N) is 2. The topological polar surface area (TPSA) is 63.3 Å². The summed E-state index contributed by atoms with van der Waals surface area (Å²) >= 11 is 0. The minimum absolute atomic E-state index is 0. The molecule has 0 amide bonds. The minimum Gasteiger partial charge on any atom is -0.370 e. The summed E-state index contributed by atoms with van der Waals surface area (Å²) in [6.07, 6.45) is 4.87. The smallest absolute Gasteiger partial charge is 0.194 e. The molecule has 6 heteroatoms.